The number of Topliss-reactive ketones (excluding diaryl/α,β-unsaturated/α-hetero) is 1. The van der Waals surface area contributed by atoms with E-state index in [0.29, 0.717) is 5.56 Å². The molecule has 25 heavy (non-hydrogen) atoms. The average Bonchev–Trinajstić information content (AvgIpc) is 2.60. The molecule has 2 aromatic rings. The van der Waals surface area contributed by atoms with Crippen LogP contribution < -0.4 is 0 Å². The number of non-ortho nitro benzene ring substituents is 1. The lowest BCUT2D eigenvalue weighted by molar-refractivity contribution is -0.565. The van der Waals surface area contributed by atoms with Crippen molar-refractivity contribution in [3.05, 3.63) is 80.1 Å². The molecule has 0 amide bonds. The number of carbonyl (C=O) groups excluding carboxylic acids is 1. The summed E-state index contributed by atoms with van der Waals surface area (Å²) in [6, 6.07) is 8.52. The van der Waals surface area contributed by atoms with E-state index in [0.717, 1.165) is 0 Å². The second-order valence-electron chi connectivity index (χ2n) is 6.18. The number of ketones is 1. The first-order valence-electron chi connectivity index (χ1n) is 7.55. The molecule has 1 unspecified atom stereocenters. The van der Waals surface area contributed by atoms with Gasteiger partial charge in [0.2, 0.25) is 5.54 Å². The largest absolute Gasteiger partial charge is 0.294 e. The zero-order chi connectivity index (χ0) is 18.6. The van der Waals surface area contributed by atoms with Crippen LogP contribution in [0.4, 0.5) is 5.69 Å². The van der Waals surface area contributed by atoms with Gasteiger partial charge in [-0.25, -0.2) is 0 Å². The molecule has 0 aliphatic heterocycles. The second-order valence-corrected chi connectivity index (χ2v) is 6.18. The van der Waals surface area contributed by atoms with Gasteiger partial charge in [0.1, 0.15) is 0 Å². The Balaban J connectivity index is 2.31. The first-order chi connectivity index (χ1) is 11.7. The van der Waals surface area contributed by atoms with Crippen molar-refractivity contribution < 1.29 is 14.6 Å². The lowest BCUT2D eigenvalue weighted by Crippen LogP contribution is -2.39. The Labute approximate surface area is 143 Å². The van der Waals surface area contributed by atoms with Gasteiger partial charge in [-0.05, 0) is 29.8 Å². The van der Waals surface area contributed by atoms with Gasteiger partial charge in [-0.1, -0.05) is 0 Å². The van der Waals surface area contributed by atoms with Crippen LogP contribution in [0.5, 0.6) is 0 Å². The van der Waals surface area contributed by atoms with Crippen molar-refractivity contribution >= 4 is 11.5 Å². The van der Waals surface area contributed by atoms with Crippen molar-refractivity contribution in [2.24, 2.45) is 0 Å². The van der Waals surface area contributed by atoms with Gasteiger partial charge in [0.15, 0.2) is 5.78 Å². The molecule has 1 heterocycles. The van der Waals surface area contributed by atoms with Crippen LogP contribution in [-0.4, -0.2) is 26.2 Å². The van der Waals surface area contributed by atoms with Crippen LogP contribution >= 0.6 is 0 Å². The number of rotatable bonds is 7. The van der Waals surface area contributed by atoms with E-state index in [2.05, 4.69) is 4.98 Å². The number of aromatic nitrogens is 1. The first-order valence-corrected chi connectivity index (χ1v) is 7.55. The summed E-state index contributed by atoms with van der Waals surface area (Å²) in [5.41, 5.74) is -0.554. The van der Waals surface area contributed by atoms with Crippen LogP contribution in [0.2, 0.25) is 0 Å². The lowest BCUT2D eigenvalue weighted by Gasteiger charge is -2.26. The topological polar surface area (TPSA) is 116 Å². The van der Waals surface area contributed by atoms with Crippen molar-refractivity contribution in [1.82, 2.24) is 4.98 Å². The van der Waals surface area contributed by atoms with E-state index in [9.17, 15) is 25.0 Å². The van der Waals surface area contributed by atoms with Gasteiger partial charge in [-0.15, -0.1) is 0 Å². The van der Waals surface area contributed by atoms with Crippen LogP contribution in [0.1, 0.15) is 42.1 Å². The zero-order valence-electron chi connectivity index (χ0n) is 13.8. The molecule has 8 heteroatoms. The van der Waals surface area contributed by atoms with E-state index < -0.39 is 21.3 Å². The third-order valence-electron chi connectivity index (χ3n) is 4.22. The average molecular weight is 343 g/mol. The van der Waals surface area contributed by atoms with E-state index in [1.807, 2.05) is 0 Å². The molecule has 1 aromatic heterocycles. The van der Waals surface area contributed by atoms with Crippen molar-refractivity contribution in [2.45, 2.75) is 31.7 Å². The van der Waals surface area contributed by atoms with Gasteiger partial charge in [-0.3, -0.25) is 30.0 Å². The lowest BCUT2D eigenvalue weighted by atomic mass is 9.78. The van der Waals surface area contributed by atoms with E-state index in [1.54, 1.807) is 12.1 Å². The minimum absolute atomic E-state index is 0.0875. The summed E-state index contributed by atoms with van der Waals surface area (Å²) in [4.78, 5) is 37.7. The number of carbonyl (C=O) groups is 1. The van der Waals surface area contributed by atoms with Gasteiger partial charge in [0, 0.05) is 55.3 Å². The molecular weight excluding hydrogens is 326 g/mol. The van der Waals surface area contributed by atoms with Gasteiger partial charge in [-0.2, -0.15) is 0 Å². The highest BCUT2D eigenvalue weighted by Gasteiger charge is 2.42. The molecule has 1 aromatic carbocycles. The standard InChI is InChI=1S/C17H17N3O5/c1-17(2,20(24)25)15(12-7-9-18-10-8-12)11-16(21)13-3-5-14(6-4-13)19(22)23/h3-10,15H,11H2,1-2H3. The molecule has 2 rings (SSSR count). The van der Waals surface area contributed by atoms with Crippen LogP contribution in [0, 0.1) is 20.2 Å². The van der Waals surface area contributed by atoms with E-state index in [1.165, 1.54) is 50.5 Å². The summed E-state index contributed by atoms with van der Waals surface area (Å²) >= 11 is 0. The van der Waals surface area contributed by atoms with Gasteiger partial charge in [0.25, 0.3) is 5.69 Å². The number of nitrogens with zero attached hydrogens (tertiary/aromatic N) is 3. The third-order valence-corrected chi connectivity index (χ3v) is 4.22. The quantitative estimate of drug-likeness (QED) is 0.432. The fourth-order valence-electron chi connectivity index (χ4n) is 2.57. The Hall–Kier alpha value is -3.16. The highest BCUT2D eigenvalue weighted by atomic mass is 16.6. The van der Waals surface area contributed by atoms with Gasteiger partial charge in [0.05, 0.1) is 10.8 Å². The van der Waals surface area contributed by atoms with Gasteiger partial charge >= 0.3 is 0 Å². The normalized spacial score (nSPS) is 12.4. The summed E-state index contributed by atoms with van der Waals surface area (Å²) in [6.45, 7) is 2.95. The Morgan fingerprint density at radius 1 is 1.08 bits per heavy atom. The SMILES string of the molecule is CC(C)(C(CC(=O)c1ccc([N+](=O)[O-])cc1)c1ccncc1)[N+](=O)[O-]. The number of nitro benzene ring substituents is 1. The Morgan fingerprint density at radius 3 is 2.12 bits per heavy atom. The number of pyridine rings is 1. The van der Waals surface area contributed by atoms with Crippen molar-refractivity contribution in [3.63, 3.8) is 0 Å². The first kappa shape index (κ1) is 18.2. The molecule has 0 bridgehead atoms. The fraction of sp³-hybridized carbons (Fsp3) is 0.294. The van der Waals surface area contributed by atoms with Crippen LogP contribution in [0.25, 0.3) is 0 Å². The van der Waals surface area contributed by atoms with E-state index >= 15 is 0 Å². The van der Waals surface area contributed by atoms with Crippen molar-refractivity contribution in [1.29, 1.82) is 0 Å². The van der Waals surface area contributed by atoms with E-state index in [-0.39, 0.29) is 23.5 Å². The smallest absolute Gasteiger partial charge is 0.269 e. The summed E-state index contributed by atoms with van der Waals surface area (Å²) in [5, 5.41) is 22.2. The minimum atomic E-state index is -1.36. The molecule has 0 saturated carbocycles. The summed E-state index contributed by atoms with van der Waals surface area (Å²) in [7, 11) is 0. The van der Waals surface area contributed by atoms with Crippen LogP contribution in [0.15, 0.2) is 48.8 Å². The molecule has 0 radical (unpaired) electrons. The molecular formula is C17H17N3O5. The molecule has 0 spiro atoms. The summed E-state index contributed by atoms with van der Waals surface area (Å²) in [5.74, 6) is -0.972. The monoisotopic (exact) mass is 343 g/mol. The maximum atomic E-state index is 12.6. The highest BCUT2D eigenvalue weighted by molar-refractivity contribution is 5.96. The Bertz CT molecular complexity index is 788. The number of nitro groups is 2. The molecule has 0 aliphatic rings. The predicted octanol–water partition coefficient (Wildman–Crippen LogP) is 3.40. The molecule has 0 fully saturated rings. The Kier molecular flexibility index (Phi) is 5.21. The molecule has 0 aliphatic carbocycles. The molecule has 130 valence electrons. The second kappa shape index (κ2) is 7.16. The summed E-state index contributed by atoms with van der Waals surface area (Å²) in [6.07, 6.45) is 2.96. The molecule has 1 atom stereocenters. The van der Waals surface area contributed by atoms with E-state index in [4.69, 9.17) is 0 Å². The van der Waals surface area contributed by atoms with Crippen molar-refractivity contribution in [2.75, 3.05) is 0 Å². The third kappa shape index (κ3) is 4.03. The minimum Gasteiger partial charge on any atom is -0.294 e. The van der Waals surface area contributed by atoms with Crippen LogP contribution in [0.3, 0.4) is 0 Å². The molecule has 0 N–H and O–H groups in total. The maximum absolute atomic E-state index is 12.6. The molecule has 0 saturated heterocycles. The number of benzene rings is 1. The number of hydrogen-bond acceptors (Lipinski definition) is 6. The summed E-state index contributed by atoms with van der Waals surface area (Å²) < 4.78 is 0. The predicted molar refractivity (Wildman–Crippen MR) is 90.1 cm³/mol. The molecule has 8 nitrogen and oxygen atoms in total. The number of hydrogen-bond donors (Lipinski definition) is 0. The Morgan fingerprint density at radius 2 is 1.64 bits per heavy atom. The van der Waals surface area contributed by atoms with Gasteiger partial charge < -0.3 is 0 Å². The van der Waals surface area contributed by atoms with Crippen molar-refractivity contribution in [3.8, 4) is 0 Å². The maximum Gasteiger partial charge on any atom is 0.269 e. The van der Waals surface area contributed by atoms with Crippen LogP contribution in [-0.2, 0) is 0 Å². The highest BCUT2D eigenvalue weighted by Crippen LogP contribution is 2.34. The zero-order valence-corrected chi connectivity index (χ0v) is 13.8. The fourth-order valence-corrected chi connectivity index (χ4v) is 2.57.